The fourth-order valence-electron chi connectivity index (χ4n) is 0.472. The second-order valence-corrected chi connectivity index (χ2v) is 10.9. The van der Waals surface area contributed by atoms with Crippen molar-refractivity contribution >= 4 is 25.3 Å². The number of hydrogen-bond donors (Lipinski definition) is 0. The first-order valence-corrected chi connectivity index (χ1v) is 8.32. The van der Waals surface area contributed by atoms with Crippen LogP contribution in [0.15, 0.2) is 0 Å². The highest BCUT2D eigenvalue weighted by Gasteiger charge is 2.40. The first-order valence-electron chi connectivity index (χ1n) is 4.32. The van der Waals surface area contributed by atoms with Gasteiger partial charge in [-0.1, -0.05) is 20.8 Å². The van der Waals surface area contributed by atoms with Crippen LogP contribution in [-0.2, 0) is 13.3 Å². The van der Waals surface area contributed by atoms with E-state index in [1.54, 1.807) is 14.2 Å². The molecule has 0 unspecified atom stereocenters. The lowest BCUT2D eigenvalue weighted by atomic mass is 10.2. The summed E-state index contributed by atoms with van der Waals surface area (Å²) in [5.41, 5.74) is 0. The average molecular weight is 235 g/mol. The molecule has 0 aliphatic carbocycles. The van der Waals surface area contributed by atoms with Crippen LogP contribution in [0, 0.1) is 0 Å². The zero-order chi connectivity index (χ0) is 10.7. The first-order chi connectivity index (χ1) is 5.74. The van der Waals surface area contributed by atoms with Gasteiger partial charge in [-0.05, 0) is 18.1 Å². The van der Waals surface area contributed by atoms with Gasteiger partial charge in [0.1, 0.15) is 0 Å². The van der Waals surface area contributed by atoms with Crippen molar-refractivity contribution in [2.45, 2.75) is 38.9 Å². The molecule has 14 heavy (non-hydrogen) atoms. The Balaban J connectivity index is 0. The van der Waals surface area contributed by atoms with Crippen LogP contribution >= 0.6 is 8.60 Å². The fraction of sp³-hybridized carbons (Fsp3) is 1.00. The molecule has 0 heterocycles. The standard InChI is InChI=1S/C8H21O3PSi.B/c1-8(2,3)13(6,7)11-12(9-4)10-5;/h1-7H3;. The summed E-state index contributed by atoms with van der Waals surface area (Å²) in [7, 11) is 0.349. The Morgan fingerprint density at radius 2 is 1.36 bits per heavy atom. The zero-order valence-corrected chi connectivity index (χ0v) is 12.1. The van der Waals surface area contributed by atoms with E-state index in [9.17, 15) is 0 Å². The highest BCUT2D eigenvalue weighted by atomic mass is 31.2. The van der Waals surface area contributed by atoms with Crippen molar-refractivity contribution in [2.75, 3.05) is 14.2 Å². The van der Waals surface area contributed by atoms with E-state index in [1.807, 2.05) is 0 Å². The van der Waals surface area contributed by atoms with E-state index in [0.29, 0.717) is 0 Å². The maximum Gasteiger partial charge on any atom is 0.321 e. The summed E-state index contributed by atoms with van der Waals surface area (Å²) in [4.78, 5) is 0. The van der Waals surface area contributed by atoms with Crippen molar-refractivity contribution in [1.29, 1.82) is 0 Å². The Morgan fingerprint density at radius 3 is 1.57 bits per heavy atom. The van der Waals surface area contributed by atoms with Gasteiger partial charge in [0.2, 0.25) is 8.32 Å². The van der Waals surface area contributed by atoms with Crippen LogP contribution in [0.3, 0.4) is 0 Å². The molecular weight excluding hydrogens is 214 g/mol. The molecule has 0 aromatic heterocycles. The Labute approximate surface area is 92.2 Å². The predicted octanol–water partition coefficient (Wildman–Crippen LogP) is 3.15. The molecule has 0 amide bonds. The Hall–Kier alpha value is 0.592. The molecule has 0 aliphatic heterocycles. The maximum absolute atomic E-state index is 5.86. The quantitative estimate of drug-likeness (QED) is 0.553. The summed E-state index contributed by atoms with van der Waals surface area (Å²) in [6.45, 7) is 10.9. The topological polar surface area (TPSA) is 27.7 Å². The van der Waals surface area contributed by atoms with Gasteiger partial charge in [-0.25, -0.2) is 0 Å². The third-order valence-electron chi connectivity index (χ3n) is 2.41. The summed E-state index contributed by atoms with van der Waals surface area (Å²) in [5.74, 6) is 0. The lowest BCUT2D eigenvalue weighted by Gasteiger charge is -2.37. The van der Waals surface area contributed by atoms with E-state index in [4.69, 9.17) is 13.3 Å². The molecular formula is C8H21BO3PSi. The lowest BCUT2D eigenvalue weighted by molar-refractivity contribution is 0.269. The molecule has 0 aliphatic rings. The van der Waals surface area contributed by atoms with Gasteiger partial charge >= 0.3 is 8.60 Å². The van der Waals surface area contributed by atoms with Crippen LogP contribution in [0.5, 0.6) is 0 Å². The average Bonchev–Trinajstić information content (AvgIpc) is 1.98. The minimum Gasteiger partial charge on any atom is -0.354 e. The van der Waals surface area contributed by atoms with Gasteiger partial charge in [0.05, 0.1) is 0 Å². The van der Waals surface area contributed by atoms with Gasteiger partial charge in [-0.3, -0.25) is 0 Å². The molecule has 0 saturated carbocycles. The zero-order valence-electron chi connectivity index (χ0n) is 10.2. The molecule has 0 fully saturated rings. The molecule has 0 aromatic rings. The van der Waals surface area contributed by atoms with E-state index in [2.05, 4.69) is 33.9 Å². The molecule has 3 radical (unpaired) electrons. The monoisotopic (exact) mass is 235 g/mol. The van der Waals surface area contributed by atoms with Crippen LogP contribution < -0.4 is 0 Å². The van der Waals surface area contributed by atoms with Gasteiger partial charge in [0, 0.05) is 22.6 Å². The Kier molecular flexibility index (Phi) is 7.57. The molecule has 6 heteroatoms. The van der Waals surface area contributed by atoms with Gasteiger partial charge in [0.25, 0.3) is 0 Å². The van der Waals surface area contributed by atoms with Crippen LogP contribution in [-0.4, -0.2) is 31.0 Å². The molecule has 0 rings (SSSR count). The van der Waals surface area contributed by atoms with Gasteiger partial charge in [-0.2, -0.15) is 0 Å². The highest BCUT2D eigenvalue weighted by Crippen LogP contribution is 2.48. The second-order valence-electron chi connectivity index (χ2n) is 4.44. The molecule has 0 N–H and O–H groups in total. The van der Waals surface area contributed by atoms with Crippen molar-refractivity contribution in [2.24, 2.45) is 0 Å². The van der Waals surface area contributed by atoms with E-state index < -0.39 is 16.9 Å². The molecule has 0 spiro atoms. The summed E-state index contributed by atoms with van der Waals surface area (Å²) >= 11 is 0. The normalized spacial score (nSPS) is 12.9. The van der Waals surface area contributed by atoms with Crippen LogP contribution in [0.4, 0.5) is 0 Å². The third-order valence-corrected chi connectivity index (χ3v) is 9.04. The molecule has 3 nitrogen and oxygen atoms in total. The van der Waals surface area contributed by atoms with E-state index >= 15 is 0 Å². The van der Waals surface area contributed by atoms with Crippen molar-refractivity contribution in [3.8, 4) is 0 Å². The summed E-state index contributed by atoms with van der Waals surface area (Å²) in [6.07, 6.45) is 0. The van der Waals surface area contributed by atoms with E-state index in [-0.39, 0.29) is 13.5 Å². The maximum atomic E-state index is 5.86. The van der Waals surface area contributed by atoms with Crippen LogP contribution in [0.25, 0.3) is 0 Å². The fourth-order valence-corrected chi connectivity index (χ4v) is 3.80. The highest BCUT2D eigenvalue weighted by molar-refractivity contribution is 7.43. The number of hydrogen-bond acceptors (Lipinski definition) is 3. The molecule has 83 valence electrons. The number of rotatable bonds is 4. The Bertz CT molecular complexity index is 157. The molecule has 0 atom stereocenters. The minimum absolute atomic E-state index is 0. The largest absolute Gasteiger partial charge is 0.354 e. The molecule has 0 saturated heterocycles. The predicted molar refractivity (Wildman–Crippen MR) is 65.0 cm³/mol. The molecule has 0 bridgehead atoms. The summed E-state index contributed by atoms with van der Waals surface area (Å²) < 4.78 is 16.0. The second kappa shape index (κ2) is 6.23. The van der Waals surface area contributed by atoms with Gasteiger partial charge in [-0.15, -0.1) is 0 Å². The van der Waals surface area contributed by atoms with Crippen LogP contribution in [0.2, 0.25) is 18.1 Å². The van der Waals surface area contributed by atoms with Gasteiger partial charge in [0.15, 0.2) is 0 Å². The minimum atomic E-state index is -1.73. The summed E-state index contributed by atoms with van der Waals surface area (Å²) in [5, 5.41) is 0.199. The van der Waals surface area contributed by atoms with Gasteiger partial charge < -0.3 is 13.3 Å². The SMILES string of the molecule is COP(OC)O[Si](C)(C)C(C)(C)C.[B]. The third kappa shape index (κ3) is 4.89. The smallest absolute Gasteiger partial charge is 0.321 e. The molecule has 0 aromatic carbocycles. The van der Waals surface area contributed by atoms with Crippen molar-refractivity contribution in [3.63, 3.8) is 0 Å². The lowest BCUT2D eigenvalue weighted by Crippen LogP contribution is -2.39. The Morgan fingerprint density at radius 1 is 1.00 bits per heavy atom. The van der Waals surface area contributed by atoms with E-state index in [0.717, 1.165) is 0 Å². The van der Waals surface area contributed by atoms with E-state index in [1.165, 1.54) is 0 Å². The van der Waals surface area contributed by atoms with Crippen molar-refractivity contribution in [3.05, 3.63) is 0 Å². The van der Waals surface area contributed by atoms with Crippen LogP contribution in [0.1, 0.15) is 20.8 Å². The summed E-state index contributed by atoms with van der Waals surface area (Å²) in [6, 6.07) is 0. The van der Waals surface area contributed by atoms with Crippen molar-refractivity contribution < 1.29 is 13.3 Å². The first kappa shape index (κ1) is 17.0. The van der Waals surface area contributed by atoms with Crippen molar-refractivity contribution in [1.82, 2.24) is 0 Å².